The van der Waals surface area contributed by atoms with Crippen LogP contribution in [0.3, 0.4) is 0 Å². The first-order valence-electron chi connectivity index (χ1n) is 8.83. The predicted molar refractivity (Wildman–Crippen MR) is 103 cm³/mol. The van der Waals surface area contributed by atoms with Crippen LogP contribution in [0.1, 0.15) is 16.7 Å². The molecular formula is C20H22BNO5. The van der Waals surface area contributed by atoms with Gasteiger partial charge in [0.15, 0.2) is 0 Å². The van der Waals surface area contributed by atoms with Crippen molar-refractivity contribution in [3.63, 3.8) is 0 Å². The van der Waals surface area contributed by atoms with Crippen molar-refractivity contribution < 1.29 is 24.0 Å². The minimum absolute atomic E-state index is 0.207. The number of furan rings is 1. The second kappa shape index (κ2) is 8.75. The Morgan fingerprint density at radius 2 is 2.04 bits per heavy atom. The Morgan fingerprint density at radius 1 is 1.22 bits per heavy atom. The summed E-state index contributed by atoms with van der Waals surface area (Å²) in [6.07, 6.45) is 1.67. The van der Waals surface area contributed by atoms with Gasteiger partial charge in [-0.2, -0.15) is 0 Å². The maximum atomic E-state index is 12.0. The molecule has 0 aliphatic heterocycles. The quantitative estimate of drug-likeness (QED) is 0.559. The molecule has 0 saturated carbocycles. The van der Waals surface area contributed by atoms with Crippen molar-refractivity contribution in [3.05, 3.63) is 71.5 Å². The SMILES string of the molecule is Cc1cccc(CCOC(=O)N[C@@H](Cc2coc3ccccc23)B(O)O)c1. The Kier molecular flexibility index (Phi) is 6.16. The first-order chi connectivity index (χ1) is 13.0. The Bertz CT molecular complexity index is 908. The number of aryl methyl sites for hydroxylation is 1. The number of ether oxygens (including phenoxy) is 1. The minimum Gasteiger partial charge on any atom is -0.464 e. The van der Waals surface area contributed by atoms with Gasteiger partial charge >= 0.3 is 13.2 Å². The van der Waals surface area contributed by atoms with Crippen molar-refractivity contribution >= 4 is 24.2 Å². The molecule has 0 spiro atoms. The largest absolute Gasteiger partial charge is 0.475 e. The van der Waals surface area contributed by atoms with Crippen LogP contribution < -0.4 is 5.32 Å². The topological polar surface area (TPSA) is 91.9 Å². The molecule has 6 nitrogen and oxygen atoms in total. The third-order valence-electron chi connectivity index (χ3n) is 4.37. The van der Waals surface area contributed by atoms with Crippen LogP contribution in [-0.4, -0.2) is 35.8 Å². The van der Waals surface area contributed by atoms with Gasteiger partial charge in [-0.1, -0.05) is 48.0 Å². The molecule has 1 heterocycles. The number of carbonyl (C=O) groups is 1. The van der Waals surface area contributed by atoms with Gasteiger partial charge in [0.2, 0.25) is 0 Å². The van der Waals surface area contributed by atoms with Crippen molar-refractivity contribution in [1.82, 2.24) is 5.32 Å². The number of hydrogen-bond donors (Lipinski definition) is 3. The minimum atomic E-state index is -1.72. The highest BCUT2D eigenvalue weighted by Crippen LogP contribution is 2.22. The highest BCUT2D eigenvalue weighted by molar-refractivity contribution is 6.43. The van der Waals surface area contributed by atoms with E-state index in [1.54, 1.807) is 6.26 Å². The molecule has 1 atom stereocenters. The Labute approximate surface area is 157 Å². The fraction of sp³-hybridized carbons (Fsp3) is 0.250. The summed E-state index contributed by atoms with van der Waals surface area (Å²) in [5, 5.41) is 22.6. The van der Waals surface area contributed by atoms with Crippen molar-refractivity contribution in [3.8, 4) is 0 Å². The number of amides is 1. The molecule has 0 bridgehead atoms. The third kappa shape index (κ3) is 5.12. The summed E-state index contributed by atoms with van der Waals surface area (Å²) < 4.78 is 10.6. The van der Waals surface area contributed by atoms with E-state index in [9.17, 15) is 14.8 Å². The standard InChI is InChI=1S/C20H22BNO5/c1-14-5-4-6-15(11-14)9-10-26-20(23)22-19(21(24)25)12-16-13-27-18-8-3-2-7-17(16)18/h2-8,11,13,19,24-25H,9-10,12H2,1H3,(H,22,23)/t19-/m0/s1. The first-order valence-corrected chi connectivity index (χ1v) is 8.83. The zero-order valence-corrected chi connectivity index (χ0v) is 15.1. The number of hydrogen-bond acceptors (Lipinski definition) is 5. The average molecular weight is 367 g/mol. The number of rotatable bonds is 7. The summed E-state index contributed by atoms with van der Waals surface area (Å²) in [4.78, 5) is 12.0. The Morgan fingerprint density at radius 3 is 2.81 bits per heavy atom. The molecule has 140 valence electrons. The van der Waals surface area contributed by atoms with Gasteiger partial charge in [0, 0.05) is 11.8 Å². The molecule has 0 aliphatic carbocycles. The summed E-state index contributed by atoms with van der Waals surface area (Å²) in [5.41, 5.74) is 3.71. The van der Waals surface area contributed by atoms with Gasteiger partial charge in [-0.25, -0.2) is 4.79 Å². The molecule has 0 radical (unpaired) electrons. The third-order valence-corrected chi connectivity index (χ3v) is 4.37. The van der Waals surface area contributed by atoms with E-state index in [0.29, 0.717) is 12.0 Å². The molecular weight excluding hydrogens is 345 g/mol. The predicted octanol–water partition coefficient (Wildman–Crippen LogP) is 2.63. The number of benzene rings is 2. The molecule has 0 unspecified atom stereocenters. The molecule has 1 amide bonds. The number of para-hydroxylation sites is 1. The number of fused-ring (bicyclic) bond motifs is 1. The van der Waals surface area contributed by atoms with Gasteiger partial charge < -0.3 is 24.5 Å². The van der Waals surface area contributed by atoms with E-state index in [-0.39, 0.29) is 13.0 Å². The number of nitrogens with one attached hydrogen (secondary N) is 1. The highest BCUT2D eigenvalue weighted by atomic mass is 16.5. The van der Waals surface area contributed by atoms with Crippen LogP contribution in [0.25, 0.3) is 11.0 Å². The lowest BCUT2D eigenvalue weighted by Crippen LogP contribution is -2.48. The van der Waals surface area contributed by atoms with Gasteiger partial charge in [0.1, 0.15) is 5.58 Å². The van der Waals surface area contributed by atoms with E-state index in [2.05, 4.69) is 5.32 Å². The number of alkyl carbamates (subject to hydrolysis) is 1. The van der Waals surface area contributed by atoms with Crippen molar-refractivity contribution in [2.24, 2.45) is 0 Å². The van der Waals surface area contributed by atoms with E-state index in [1.807, 2.05) is 55.5 Å². The zero-order valence-electron chi connectivity index (χ0n) is 15.1. The second-order valence-corrected chi connectivity index (χ2v) is 6.50. The molecule has 1 aromatic heterocycles. The molecule has 0 saturated heterocycles. The fourth-order valence-electron chi connectivity index (χ4n) is 2.98. The summed E-state index contributed by atoms with van der Waals surface area (Å²) in [5.74, 6) is -0.905. The maximum Gasteiger partial charge on any atom is 0.475 e. The van der Waals surface area contributed by atoms with Gasteiger partial charge in [-0.3, -0.25) is 0 Å². The smallest absolute Gasteiger partial charge is 0.464 e. The van der Waals surface area contributed by atoms with E-state index in [4.69, 9.17) is 9.15 Å². The van der Waals surface area contributed by atoms with Crippen LogP contribution in [0, 0.1) is 6.92 Å². The molecule has 27 heavy (non-hydrogen) atoms. The van der Waals surface area contributed by atoms with Crippen molar-refractivity contribution in [1.29, 1.82) is 0 Å². The lowest BCUT2D eigenvalue weighted by molar-refractivity contribution is 0.144. The molecule has 2 aromatic carbocycles. The molecule has 7 heteroatoms. The van der Waals surface area contributed by atoms with Gasteiger partial charge in [0.25, 0.3) is 0 Å². The highest BCUT2D eigenvalue weighted by Gasteiger charge is 2.27. The van der Waals surface area contributed by atoms with Crippen LogP contribution in [0.5, 0.6) is 0 Å². The van der Waals surface area contributed by atoms with E-state index < -0.39 is 19.2 Å². The van der Waals surface area contributed by atoms with E-state index >= 15 is 0 Å². The molecule has 0 fully saturated rings. The molecule has 3 aromatic rings. The van der Waals surface area contributed by atoms with Crippen molar-refractivity contribution in [2.45, 2.75) is 25.7 Å². The fourth-order valence-corrected chi connectivity index (χ4v) is 2.98. The summed E-state index contributed by atoms with van der Waals surface area (Å²) >= 11 is 0. The lowest BCUT2D eigenvalue weighted by atomic mass is 9.76. The monoisotopic (exact) mass is 367 g/mol. The normalized spacial score (nSPS) is 12.0. The first kappa shape index (κ1) is 19.0. The average Bonchev–Trinajstić information content (AvgIpc) is 3.04. The maximum absolute atomic E-state index is 12.0. The molecule has 0 aliphatic rings. The summed E-state index contributed by atoms with van der Waals surface area (Å²) in [7, 11) is -1.72. The zero-order chi connectivity index (χ0) is 19.2. The van der Waals surface area contributed by atoms with Crippen LogP contribution in [0.2, 0.25) is 0 Å². The van der Waals surface area contributed by atoms with Gasteiger partial charge in [0.05, 0.1) is 18.8 Å². The van der Waals surface area contributed by atoms with E-state index in [1.165, 1.54) is 0 Å². The van der Waals surface area contributed by atoms with Crippen LogP contribution in [0.15, 0.2) is 59.2 Å². The van der Waals surface area contributed by atoms with Crippen LogP contribution in [0.4, 0.5) is 4.79 Å². The lowest BCUT2D eigenvalue weighted by Gasteiger charge is -2.17. The Balaban J connectivity index is 1.55. The van der Waals surface area contributed by atoms with E-state index in [0.717, 1.165) is 22.1 Å². The summed E-state index contributed by atoms with van der Waals surface area (Å²) in [6.45, 7) is 2.21. The van der Waals surface area contributed by atoms with Gasteiger partial charge in [-0.05, 0) is 30.5 Å². The van der Waals surface area contributed by atoms with Crippen LogP contribution >= 0.6 is 0 Å². The Hall–Kier alpha value is -2.77. The van der Waals surface area contributed by atoms with Crippen LogP contribution in [-0.2, 0) is 17.6 Å². The van der Waals surface area contributed by atoms with Gasteiger partial charge in [-0.15, -0.1) is 0 Å². The number of carbonyl (C=O) groups excluding carboxylic acids is 1. The molecule has 3 rings (SSSR count). The van der Waals surface area contributed by atoms with Crippen molar-refractivity contribution in [2.75, 3.05) is 6.61 Å². The second-order valence-electron chi connectivity index (χ2n) is 6.50. The molecule has 3 N–H and O–H groups in total. The summed E-state index contributed by atoms with van der Waals surface area (Å²) in [6, 6.07) is 15.4.